The Morgan fingerprint density at radius 2 is 0.661 bits per heavy atom. The molecular weight excluding hydrogens is 749 g/mol. The molecule has 2 aromatic heterocycles. The minimum absolute atomic E-state index is 1.15. The third-order valence-electron chi connectivity index (χ3n) is 13.1. The molecule has 13 aromatic rings. The van der Waals surface area contributed by atoms with E-state index in [1.807, 2.05) is 0 Å². The van der Waals surface area contributed by atoms with Gasteiger partial charge in [0.25, 0.3) is 0 Å². The van der Waals surface area contributed by atoms with Crippen LogP contribution in [0.5, 0.6) is 0 Å². The Balaban J connectivity index is 1.18. The van der Waals surface area contributed by atoms with Crippen LogP contribution in [0.15, 0.2) is 231 Å². The molecule has 2 heterocycles. The van der Waals surface area contributed by atoms with Crippen LogP contribution in [0.25, 0.3) is 121 Å². The van der Waals surface area contributed by atoms with E-state index in [-0.39, 0.29) is 0 Å². The zero-order chi connectivity index (χ0) is 40.7. The highest BCUT2D eigenvalue weighted by molar-refractivity contribution is 6.23. The van der Waals surface area contributed by atoms with Crippen LogP contribution in [-0.2, 0) is 0 Å². The topological polar surface area (TPSA) is 9.86 Å². The average molecular weight is 787 g/mol. The van der Waals surface area contributed by atoms with Crippen molar-refractivity contribution in [1.82, 2.24) is 9.13 Å². The van der Waals surface area contributed by atoms with Gasteiger partial charge in [0.2, 0.25) is 0 Å². The maximum Gasteiger partial charge on any atom is 0.0619 e. The van der Waals surface area contributed by atoms with Crippen LogP contribution in [0.1, 0.15) is 0 Å². The number of hydrogen-bond acceptors (Lipinski definition) is 0. The van der Waals surface area contributed by atoms with Crippen LogP contribution in [-0.4, -0.2) is 9.13 Å². The Morgan fingerprint density at radius 1 is 0.242 bits per heavy atom. The molecule has 0 spiro atoms. The Labute approximate surface area is 358 Å². The van der Waals surface area contributed by atoms with E-state index >= 15 is 0 Å². The molecule has 0 unspecified atom stereocenters. The van der Waals surface area contributed by atoms with E-state index in [2.05, 4.69) is 240 Å². The fourth-order valence-electron chi connectivity index (χ4n) is 10.5. The lowest BCUT2D eigenvalue weighted by molar-refractivity contribution is 1.18. The lowest BCUT2D eigenvalue weighted by Crippen LogP contribution is -1.96. The Bertz CT molecular complexity index is 3690. The van der Waals surface area contributed by atoms with Crippen molar-refractivity contribution in [2.45, 2.75) is 0 Å². The summed E-state index contributed by atoms with van der Waals surface area (Å²) in [6, 6.07) is 84.9. The quantitative estimate of drug-likeness (QED) is 0.154. The first-order valence-corrected chi connectivity index (χ1v) is 21.4. The molecule has 0 fully saturated rings. The summed E-state index contributed by atoms with van der Waals surface area (Å²) in [5.41, 5.74) is 14.4. The number of nitrogens with zero attached hydrogens (tertiary/aromatic N) is 2. The van der Waals surface area contributed by atoms with Gasteiger partial charge in [0.1, 0.15) is 0 Å². The van der Waals surface area contributed by atoms with Crippen LogP contribution >= 0.6 is 0 Å². The first-order chi connectivity index (χ1) is 30.8. The van der Waals surface area contributed by atoms with Crippen molar-refractivity contribution >= 4 is 75.9 Å². The maximum atomic E-state index is 2.49. The minimum Gasteiger partial charge on any atom is -0.309 e. The van der Waals surface area contributed by atoms with E-state index in [0.29, 0.717) is 0 Å². The highest BCUT2D eigenvalue weighted by Crippen LogP contribution is 2.47. The van der Waals surface area contributed by atoms with Gasteiger partial charge in [-0.3, -0.25) is 0 Å². The van der Waals surface area contributed by atoms with Crippen LogP contribution in [0.3, 0.4) is 0 Å². The number of para-hydroxylation sites is 6. The summed E-state index contributed by atoms with van der Waals surface area (Å²) in [6.07, 6.45) is 0. The molecule has 0 aliphatic carbocycles. The van der Waals surface area contributed by atoms with Gasteiger partial charge in [-0.1, -0.05) is 182 Å². The van der Waals surface area contributed by atoms with Gasteiger partial charge < -0.3 is 9.13 Å². The molecule has 0 aliphatic rings. The third-order valence-corrected chi connectivity index (χ3v) is 13.1. The standard InChI is InChI=1S/C60H38N2/c1-3-19-42(20-4-1)61-56-33-11-9-23-46(56)52-31-15-29-50(59(52)61)44-25-13-27-48-54(44)38-55-45(26-14-28-49(55)58(48)41-36-35-39-17-7-8-18-40(39)37-41)51-30-16-32-53-47-24-10-12-34-57(47)62(60(51)53)43-21-5-2-6-22-43/h1-38H. The first-order valence-electron chi connectivity index (χ1n) is 21.4. The van der Waals surface area contributed by atoms with E-state index in [1.165, 1.54) is 109 Å². The summed E-state index contributed by atoms with van der Waals surface area (Å²) >= 11 is 0. The largest absolute Gasteiger partial charge is 0.309 e. The molecule has 2 nitrogen and oxygen atoms in total. The molecule has 0 bridgehead atoms. The molecule has 2 heteroatoms. The summed E-state index contributed by atoms with van der Waals surface area (Å²) < 4.78 is 4.91. The molecule has 13 rings (SSSR count). The molecular formula is C60H38N2. The zero-order valence-corrected chi connectivity index (χ0v) is 33.8. The van der Waals surface area contributed by atoms with Crippen LogP contribution in [0.2, 0.25) is 0 Å². The van der Waals surface area contributed by atoms with Crippen molar-refractivity contribution in [1.29, 1.82) is 0 Å². The summed E-state index contributed by atoms with van der Waals surface area (Å²) in [6.45, 7) is 0. The Kier molecular flexibility index (Phi) is 7.64. The van der Waals surface area contributed by atoms with Crippen LogP contribution < -0.4 is 0 Å². The van der Waals surface area contributed by atoms with Gasteiger partial charge in [-0.25, -0.2) is 0 Å². The van der Waals surface area contributed by atoms with Crippen molar-refractivity contribution in [2.75, 3.05) is 0 Å². The molecule has 0 saturated carbocycles. The summed E-state index contributed by atoms with van der Waals surface area (Å²) in [5.74, 6) is 0. The third kappa shape index (κ3) is 5.11. The summed E-state index contributed by atoms with van der Waals surface area (Å²) in [4.78, 5) is 0. The normalized spacial score (nSPS) is 11.9. The van der Waals surface area contributed by atoms with Gasteiger partial charge in [0, 0.05) is 44.0 Å². The predicted molar refractivity (Wildman–Crippen MR) is 264 cm³/mol. The second kappa shape index (κ2) is 13.7. The molecule has 0 radical (unpaired) electrons. The van der Waals surface area contributed by atoms with Crippen molar-refractivity contribution in [3.8, 4) is 44.8 Å². The number of fused-ring (bicyclic) bond motifs is 9. The van der Waals surface area contributed by atoms with Gasteiger partial charge in [-0.05, 0) is 103 Å². The first kappa shape index (κ1) is 34.6. The Hall–Kier alpha value is -8.20. The molecule has 0 amide bonds. The van der Waals surface area contributed by atoms with E-state index in [9.17, 15) is 0 Å². The fourth-order valence-corrected chi connectivity index (χ4v) is 10.5. The lowest BCUT2D eigenvalue weighted by atomic mass is 9.85. The van der Waals surface area contributed by atoms with E-state index in [1.54, 1.807) is 0 Å². The Morgan fingerprint density at radius 3 is 1.19 bits per heavy atom. The van der Waals surface area contributed by atoms with Crippen LogP contribution in [0, 0.1) is 0 Å². The second-order valence-corrected chi connectivity index (χ2v) is 16.4. The molecule has 0 saturated heterocycles. The summed E-state index contributed by atoms with van der Waals surface area (Å²) in [5, 5.41) is 12.4. The number of hydrogen-bond donors (Lipinski definition) is 0. The van der Waals surface area contributed by atoms with Gasteiger partial charge in [-0.2, -0.15) is 0 Å². The van der Waals surface area contributed by atoms with Crippen molar-refractivity contribution in [3.63, 3.8) is 0 Å². The molecule has 62 heavy (non-hydrogen) atoms. The molecule has 11 aromatic carbocycles. The highest BCUT2D eigenvalue weighted by atomic mass is 15.0. The van der Waals surface area contributed by atoms with Gasteiger partial charge in [0.15, 0.2) is 0 Å². The molecule has 0 N–H and O–H groups in total. The maximum absolute atomic E-state index is 2.49. The molecule has 0 atom stereocenters. The SMILES string of the molecule is c1ccc(-n2c3ccccc3c3cccc(-c4cccc5c(-c6ccc7ccccc7c6)c6cccc(-c7cccc8c9ccccc9n(-c9ccccc9)c78)c6cc45)c32)cc1. The van der Waals surface area contributed by atoms with Crippen LogP contribution in [0.4, 0.5) is 0 Å². The molecule has 288 valence electrons. The smallest absolute Gasteiger partial charge is 0.0619 e. The zero-order valence-electron chi connectivity index (χ0n) is 33.8. The van der Waals surface area contributed by atoms with Crippen molar-refractivity contribution in [2.24, 2.45) is 0 Å². The van der Waals surface area contributed by atoms with E-state index in [4.69, 9.17) is 0 Å². The van der Waals surface area contributed by atoms with Gasteiger partial charge in [0.05, 0.1) is 22.1 Å². The number of benzene rings is 11. The van der Waals surface area contributed by atoms with Crippen molar-refractivity contribution in [3.05, 3.63) is 231 Å². The van der Waals surface area contributed by atoms with E-state index < -0.39 is 0 Å². The second-order valence-electron chi connectivity index (χ2n) is 16.4. The monoisotopic (exact) mass is 786 g/mol. The fraction of sp³-hybridized carbons (Fsp3) is 0. The van der Waals surface area contributed by atoms with Crippen molar-refractivity contribution < 1.29 is 0 Å². The molecule has 0 aliphatic heterocycles. The summed E-state index contributed by atoms with van der Waals surface area (Å²) in [7, 11) is 0. The number of aromatic nitrogens is 2. The van der Waals surface area contributed by atoms with E-state index in [0.717, 1.165) is 11.4 Å². The lowest BCUT2D eigenvalue weighted by Gasteiger charge is -2.19. The average Bonchev–Trinajstić information content (AvgIpc) is 3.87. The highest BCUT2D eigenvalue weighted by Gasteiger charge is 2.22. The minimum atomic E-state index is 1.15. The van der Waals surface area contributed by atoms with Gasteiger partial charge in [-0.15, -0.1) is 0 Å². The number of rotatable bonds is 5. The predicted octanol–water partition coefficient (Wildman–Crippen LogP) is 16.3. The van der Waals surface area contributed by atoms with Gasteiger partial charge >= 0.3 is 0 Å².